The molecule has 464 valence electrons. The highest BCUT2D eigenvalue weighted by Crippen LogP contribution is 2.45. The van der Waals surface area contributed by atoms with E-state index in [4.69, 9.17) is 34.2 Å². The number of ether oxygens (including phenoxy) is 6. The molecule has 0 aliphatic carbocycles. The molecule has 4 aromatic heterocycles. The molecule has 4 fully saturated rings. The van der Waals surface area contributed by atoms with E-state index < -0.39 is 86.7 Å². The molecular formula is C54H72N16O14S2. The molecule has 8 heterocycles. The van der Waals surface area contributed by atoms with Crippen molar-refractivity contribution in [2.24, 2.45) is 4.99 Å². The van der Waals surface area contributed by atoms with Gasteiger partial charge in [0.15, 0.2) is 64.7 Å². The third kappa shape index (κ3) is 15.2. The number of amides is 4. The molecule has 4 aliphatic heterocycles. The molecule has 0 saturated carbocycles. The average Bonchev–Trinajstić information content (AvgIpc) is 1.96. The van der Waals surface area contributed by atoms with E-state index in [9.17, 15) is 36.0 Å². The lowest BCUT2D eigenvalue weighted by Gasteiger charge is -2.24. The zero-order chi connectivity index (χ0) is 62.0. The fourth-order valence-corrected chi connectivity index (χ4v) is 12.0. The van der Waals surface area contributed by atoms with Gasteiger partial charge in [-0.15, -0.1) is 0 Å². The minimum absolute atomic E-state index is 0.101. The van der Waals surface area contributed by atoms with Crippen molar-refractivity contribution in [2.45, 2.75) is 164 Å². The molecule has 32 heteroatoms. The first-order valence-corrected chi connectivity index (χ1v) is 31.0. The highest BCUT2D eigenvalue weighted by Gasteiger charge is 2.59. The quantitative estimate of drug-likeness (QED) is 0.0294. The Morgan fingerprint density at radius 3 is 1.53 bits per heavy atom. The number of nitrogens with one attached hydrogen (secondary N) is 6. The molecule has 30 nitrogen and oxygen atoms in total. The fourth-order valence-electron chi connectivity index (χ4n) is 9.83. The smallest absolute Gasteiger partial charge is 0.324 e. The van der Waals surface area contributed by atoms with Crippen molar-refractivity contribution in [1.82, 2.24) is 59.1 Å². The second-order valence-corrected chi connectivity index (χ2v) is 24.5. The van der Waals surface area contributed by atoms with Crippen LogP contribution in [0.25, 0.3) is 22.3 Å². The Kier molecular flexibility index (Phi) is 20.9. The summed E-state index contributed by atoms with van der Waals surface area (Å²) in [6.07, 6.45) is 7.28. The van der Waals surface area contributed by atoms with Crippen LogP contribution in [0.5, 0.6) is 0 Å². The molecule has 8 atom stereocenters. The number of aliphatic imine (C=N–C) groups is 1. The van der Waals surface area contributed by atoms with Crippen molar-refractivity contribution in [3.05, 3.63) is 73.8 Å². The van der Waals surface area contributed by atoms with E-state index in [1.54, 1.807) is 29.3 Å². The van der Waals surface area contributed by atoms with Gasteiger partial charge in [0.1, 0.15) is 42.6 Å². The van der Waals surface area contributed by atoms with Crippen LogP contribution in [0.2, 0.25) is 0 Å². The normalized spacial score (nSPS) is 22.6. The molecule has 2 aromatic carbocycles. The summed E-state index contributed by atoms with van der Waals surface area (Å²) in [6.45, 7) is 16.7. The Morgan fingerprint density at radius 2 is 1.06 bits per heavy atom. The van der Waals surface area contributed by atoms with Crippen molar-refractivity contribution >= 4 is 89.3 Å². The second-order valence-electron chi connectivity index (χ2n) is 21.0. The van der Waals surface area contributed by atoms with Crippen LogP contribution in [0.4, 0.5) is 27.8 Å². The number of carbonyl (C=O) groups excluding carboxylic acids is 4. The molecule has 6 aromatic rings. The number of nitrogens with two attached hydrogens (primary N) is 1. The van der Waals surface area contributed by atoms with Gasteiger partial charge in [-0.25, -0.2) is 65.8 Å². The first-order valence-electron chi connectivity index (χ1n) is 28.1. The number of hydrogen-bond donors (Lipinski definition) is 7. The fraction of sp³-hybridized carbons (Fsp3) is 0.519. The van der Waals surface area contributed by atoms with Gasteiger partial charge in [0.25, 0.3) is 11.8 Å². The first kappa shape index (κ1) is 64.5. The topological polar surface area (TPSA) is 390 Å². The molecule has 10 rings (SSSR count). The van der Waals surface area contributed by atoms with Crippen LogP contribution >= 0.6 is 0 Å². The van der Waals surface area contributed by atoms with E-state index in [1.165, 1.54) is 73.6 Å². The number of nitrogen functional groups attached to an aromatic ring is 1. The van der Waals surface area contributed by atoms with Gasteiger partial charge < -0.3 is 50.1 Å². The predicted molar refractivity (Wildman–Crippen MR) is 311 cm³/mol. The SMILES string of the molecule is CCCCCNS(=O)(=O)c1ccc(N=C=O)cc1.CCCCCNS(=O)(=O)c1ccc(NC(=O)Nc2ncnc3c2ncn3[C@@H]2O[C@H](C(=O)NCC)[C@H]3OC(C)(C)O[C@H]32)cc1.CCNC(=O)[C@H]1O[C@@H](n2cnc3c(N)ncnc32)[C@@H]2OC(C)(C)O[C@@H]21. The molecule has 0 radical (unpaired) electrons. The maximum Gasteiger partial charge on any atom is 0.324 e. The highest BCUT2D eigenvalue weighted by molar-refractivity contribution is 7.89. The Balaban J connectivity index is 0.000000188. The number of urea groups is 1. The van der Waals surface area contributed by atoms with Gasteiger partial charge in [0, 0.05) is 31.9 Å². The number of anilines is 3. The van der Waals surface area contributed by atoms with Gasteiger partial charge in [-0.05, 0) is 103 Å². The first-order chi connectivity index (χ1) is 41.0. The molecule has 86 heavy (non-hydrogen) atoms. The van der Waals surface area contributed by atoms with Gasteiger partial charge in [-0.3, -0.25) is 24.0 Å². The van der Waals surface area contributed by atoms with Crippen LogP contribution in [0, 0.1) is 0 Å². The van der Waals surface area contributed by atoms with Crippen molar-refractivity contribution in [3.8, 4) is 0 Å². The summed E-state index contributed by atoms with van der Waals surface area (Å²) < 4.78 is 93.2. The van der Waals surface area contributed by atoms with Gasteiger partial charge in [-0.2, -0.15) is 4.99 Å². The van der Waals surface area contributed by atoms with Gasteiger partial charge in [0.05, 0.1) is 28.1 Å². The van der Waals surface area contributed by atoms with E-state index >= 15 is 0 Å². The predicted octanol–water partition coefficient (Wildman–Crippen LogP) is 4.58. The zero-order valence-corrected chi connectivity index (χ0v) is 50.4. The molecule has 4 aliphatic rings. The van der Waals surface area contributed by atoms with E-state index in [2.05, 4.69) is 72.5 Å². The number of sulfonamides is 2. The number of carbonyl (C=O) groups is 3. The summed E-state index contributed by atoms with van der Waals surface area (Å²) in [6, 6.07) is 11.0. The molecule has 4 saturated heterocycles. The maximum atomic E-state index is 12.8. The van der Waals surface area contributed by atoms with E-state index in [0.29, 0.717) is 54.4 Å². The number of nitrogens with zero attached hydrogens (tertiary/aromatic N) is 9. The van der Waals surface area contributed by atoms with Gasteiger partial charge in [-0.1, -0.05) is 39.5 Å². The Labute approximate surface area is 496 Å². The van der Waals surface area contributed by atoms with Crippen LogP contribution in [0.3, 0.4) is 0 Å². The van der Waals surface area contributed by atoms with Crippen molar-refractivity contribution in [3.63, 3.8) is 0 Å². The Hall–Kier alpha value is -7.49. The number of aromatic nitrogens is 8. The van der Waals surface area contributed by atoms with Crippen LogP contribution < -0.4 is 36.4 Å². The summed E-state index contributed by atoms with van der Waals surface area (Å²) >= 11 is 0. The minimum atomic E-state index is -3.64. The Morgan fingerprint density at radius 1 is 0.605 bits per heavy atom. The summed E-state index contributed by atoms with van der Waals surface area (Å²) in [7, 11) is -7.10. The number of benzene rings is 2. The highest BCUT2D eigenvalue weighted by atomic mass is 32.2. The van der Waals surface area contributed by atoms with E-state index in [0.717, 1.165) is 38.5 Å². The van der Waals surface area contributed by atoms with E-state index in [-0.39, 0.29) is 38.8 Å². The van der Waals surface area contributed by atoms with E-state index in [1.807, 2.05) is 34.6 Å². The number of hydrogen-bond acceptors (Lipinski definition) is 22. The maximum absolute atomic E-state index is 12.8. The van der Waals surface area contributed by atoms with Crippen molar-refractivity contribution in [1.29, 1.82) is 0 Å². The number of isocyanates is 1. The van der Waals surface area contributed by atoms with Crippen LogP contribution in [-0.4, -0.2) is 154 Å². The molecule has 0 spiro atoms. The number of fused-ring (bicyclic) bond motifs is 4. The van der Waals surface area contributed by atoms with Crippen molar-refractivity contribution in [2.75, 3.05) is 42.5 Å². The van der Waals surface area contributed by atoms with Gasteiger partial charge >= 0.3 is 6.03 Å². The third-order valence-electron chi connectivity index (χ3n) is 13.7. The zero-order valence-electron chi connectivity index (χ0n) is 48.8. The lowest BCUT2D eigenvalue weighted by atomic mass is 10.1. The molecule has 4 amide bonds. The standard InChI is InChI=1S/C27H36N8O7S.C15H20N6O4.C12H16N2O3S/c1-5-7-8-13-32-43(38,39)17-11-9-16(10-12-17)33-26(37)34-22-18-23(30-14-29-22)35(15-31-18)25-21-19(41-27(3,4)42-21)20(40-25)24(36)28-6-2;1-4-17-13(22)9-8-10(25-15(2,3)24-8)14(23-9)21-6-20-7-11(16)18-5-19-12(7)21;1-2-3-4-9-14-18(16,17)12-7-5-11(6-8-12)13-10-15/h9-12,14-15,19-21,25,32H,5-8,13H2,1-4H3,(H,28,36)(H2,29,30,33,34,37);5-6,8-10,14H,4H2,1-3H3,(H,17,22)(H2,16,18,19);5-8,14H,2-4,9H2,1H3/t19-,20+,21-,25-;8-,9+,10-,14-;/m11./s1. The molecule has 8 N–H and O–H groups in total. The molecular weight excluding hydrogens is 1160 g/mol. The second kappa shape index (κ2) is 27.9. The molecule has 0 bridgehead atoms. The van der Waals surface area contributed by atoms with Gasteiger partial charge in [0.2, 0.25) is 26.1 Å². The van der Waals surface area contributed by atoms with Crippen LogP contribution in [-0.2, 0) is 62.9 Å². The number of likely N-dealkylation sites (N-methyl/N-ethyl adjacent to an activating group) is 2. The average molecular weight is 1230 g/mol. The number of unbranched alkanes of at least 4 members (excludes halogenated alkanes) is 4. The number of imidazole rings is 2. The largest absolute Gasteiger partial charge is 0.382 e. The lowest BCUT2D eigenvalue weighted by molar-refractivity contribution is -0.198. The number of rotatable bonds is 21. The summed E-state index contributed by atoms with van der Waals surface area (Å²) in [5.74, 6) is -1.87. The summed E-state index contributed by atoms with van der Waals surface area (Å²) in [5, 5.41) is 10.9. The molecule has 0 unspecified atom stereocenters. The third-order valence-corrected chi connectivity index (χ3v) is 16.6. The lowest BCUT2D eigenvalue weighted by Crippen LogP contribution is -2.42. The summed E-state index contributed by atoms with van der Waals surface area (Å²) in [5.41, 5.74) is 8.23. The van der Waals surface area contributed by atoms with Crippen molar-refractivity contribution < 1.29 is 64.4 Å². The van der Waals surface area contributed by atoms with Crippen LogP contribution in [0.15, 0.2) is 88.6 Å². The summed E-state index contributed by atoms with van der Waals surface area (Å²) in [4.78, 5) is 77.0. The Bertz CT molecular complexity index is 3620. The monoisotopic (exact) mass is 1230 g/mol. The van der Waals surface area contributed by atoms with Crippen LogP contribution in [0.1, 0.15) is 106 Å². The minimum Gasteiger partial charge on any atom is -0.382 e.